The molecule has 0 spiro atoms. The van der Waals surface area contributed by atoms with Crippen LogP contribution in [0.25, 0.3) is 0 Å². The van der Waals surface area contributed by atoms with E-state index in [9.17, 15) is 4.79 Å². The molecule has 3 heteroatoms. The van der Waals surface area contributed by atoms with Gasteiger partial charge in [0.2, 0.25) is 5.91 Å². The number of primary amides is 1. The fourth-order valence-electron chi connectivity index (χ4n) is 1.13. The molecule has 11 heavy (non-hydrogen) atoms. The second-order valence-electron chi connectivity index (χ2n) is 3.57. The van der Waals surface area contributed by atoms with Crippen LogP contribution in [0.4, 0.5) is 0 Å². The Morgan fingerprint density at radius 3 is 2.55 bits per heavy atom. The predicted molar refractivity (Wildman–Crippen MR) is 44.0 cm³/mol. The molecule has 1 atom stereocenters. The van der Waals surface area contributed by atoms with Gasteiger partial charge in [0.25, 0.3) is 0 Å². The summed E-state index contributed by atoms with van der Waals surface area (Å²) in [4.78, 5) is 10.8. The smallest absolute Gasteiger partial charge is 0.234 e. The van der Waals surface area contributed by atoms with Crippen LogP contribution in [-0.4, -0.2) is 17.5 Å². The zero-order valence-corrected chi connectivity index (χ0v) is 7.18. The van der Waals surface area contributed by atoms with Crippen LogP contribution in [-0.2, 0) is 4.79 Å². The van der Waals surface area contributed by atoms with Crippen molar-refractivity contribution in [1.29, 1.82) is 0 Å². The molecule has 3 nitrogen and oxygen atoms in total. The van der Waals surface area contributed by atoms with Gasteiger partial charge in [0.15, 0.2) is 0 Å². The van der Waals surface area contributed by atoms with E-state index in [4.69, 9.17) is 5.73 Å². The summed E-state index contributed by atoms with van der Waals surface area (Å²) in [5.41, 5.74) is 5.38. The van der Waals surface area contributed by atoms with E-state index >= 15 is 0 Å². The lowest BCUT2D eigenvalue weighted by Gasteiger charge is -2.18. The standard InChI is InChI=1S/C8H16N2O/c1-3-6(7(9)11)10-8(2)4-5-8/h6,10H,3-5H2,1-2H3,(H2,9,11). The number of amides is 1. The summed E-state index contributed by atoms with van der Waals surface area (Å²) in [5, 5.41) is 3.24. The molecular weight excluding hydrogens is 140 g/mol. The van der Waals surface area contributed by atoms with Crippen LogP contribution in [0, 0.1) is 0 Å². The second-order valence-corrected chi connectivity index (χ2v) is 3.57. The minimum atomic E-state index is -0.236. The zero-order chi connectivity index (χ0) is 8.48. The Morgan fingerprint density at radius 2 is 2.27 bits per heavy atom. The third-order valence-corrected chi connectivity index (χ3v) is 2.27. The number of carbonyl (C=O) groups excluding carboxylic acids is 1. The van der Waals surface area contributed by atoms with Crippen LogP contribution in [0.2, 0.25) is 0 Å². The Balaban J connectivity index is 2.37. The molecule has 64 valence electrons. The zero-order valence-electron chi connectivity index (χ0n) is 7.18. The first-order valence-corrected chi connectivity index (χ1v) is 4.14. The lowest BCUT2D eigenvalue weighted by Crippen LogP contribution is -2.46. The molecule has 0 aliphatic heterocycles. The first kappa shape index (κ1) is 8.53. The van der Waals surface area contributed by atoms with Gasteiger partial charge < -0.3 is 11.1 Å². The number of carbonyl (C=O) groups is 1. The number of hydrogen-bond donors (Lipinski definition) is 2. The third kappa shape index (κ3) is 2.19. The highest BCUT2D eigenvalue weighted by molar-refractivity contribution is 5.79. The number of rotatable bonds is 4. The Labute approximate surface area is 67.3 Å². The molecule has 0 heterocycles. The quantitative estimate of drug-likeness (QED) is 0.618. The number of nitrogens with one attached hydrogen (secondary N) is 1. The van der Waals surface area contributed by atoms with Gasteiger partial charge in [-0.2, -0.15) is 0 Å². The summed E-state index contributed by atoms with van der Waals surface area (Å²) in [7, 11) is 0. The van der Waals surface area contributed by atoms with Gasteiger partial charge in [0, 0.05) is 5.54 Å². The molecule has 1 fully saturated rings. The molecule has 1 amide bonds. The number of nitrogens with two attached hydrogens (primary N) is 1. The van der Waals surface area contributed by atoms with Gasteiger partial charge in [-0.3, -0.25) is 4.79 Å². The predicted octanol–water partition coefficient (Wildman–Crippen LogP) is 0.392. The highest BCUT2D eigenvalue weighted by atomic mass is 16.1. The molecule has 0 aromatic carbocycles. The maximum absolute atomic E-state index is 10.8. The summed E-state index contributed by atoms with van der Waals surface area (Å²) in [6.07, 6.45) is 3.11. The van der Waals surface area contributed by atoms with Gasteiger partial charge >= 0.3 is 0 Å². The molecule has 0 radical (unpaired) electrons. The van der Waals surface area contributed by atoms with Crippen molar-refractivity contribution in [1.82, 2.24) is 5.32 Å². The Kier molecular flexibility index (Phi) is 2.18. The summed E-state index contributed by atoms with van der Waals surface area (Å²) in [6, 6.07) is -0.137. The van der Waals surface area contributed by atoms with Crippen molar-refractivity contribution >= 4 is 5.91 Å². The van der Waals surface area contributed by atoms with E-state index in [1.54, 1.807) is 0 Å². The average Bonchev–Trinajstić information content (AvgIpc) is 2.64. The Hall–Kier alpha value is -0.570. The van der Waals surface area contributed by atoms with Gasteiger partial charge in [0.05, 0.1) is 6.04 Å². The van der Waals surface area contributed by atoms with Crippen LogP contribution in [0.5, 0.6) is 0 Å². The Morgan fingerprint density at radius 1 is 1.73 bits per heavy atom. The summed E-state index contributed by atoms with van der Waals surface area (Å²) < 4.78 is 0. The maximum Gasteiger partial charge on any atom is 0.234 e. The summed E-state index contributed by atoms with van der Waals surface area (Å²) in [6.45, 7) is 4.09. The third-order valence-electron chi connectivity index (χ3n) is 2.27. The lowest BCUT2D eigenvalue weighted by atomic mass is 10.2. The van der Waals surface area contributed by atoms with Crippen molar-refractivity contribution in [2.75, 3.05) is 0 Å². The van der Waals surface area contributed by atoms with Crippen LogP contribution >= 0.6 is 0 Å². The van der Waals surface area contributed by atoms with Gasteiger partial charge in [-0.25, -0.2) is 0 Å². The van der Waals surface area contributed by atoms with E-state index in [1.807, 2.05) is 6.92 Å². The highest BCUT2D eigenvalue weighted by Gasteiger charge is 2.39. The van der Waals surface area contributed by atoms with Gasteiger partial charge in [-0.15, -0.1) is 0 Å². The molecule has 0 bridgehead atoms. The minimum Gasteiger partial charge on any atom is -0.368 e. The molecule has 1 aliphatic carbocycles. The first-order chi connectivity index (χ1) is 5.07. The molecule has 1 saturated carbocycles. The molecule has 1 aliphatic rings. The van der Waals surface area contributed by atoms with E-state index in [2.05, 4.69) is 12.2 Å². The van der Waals surface area contributed by atoms with Crippen LogP contribution in [0.1, 0.15) is 33.1 Å². The molecular formula is C8H16N2O. The maximum atomic E-state index is 10.8. The van der Waals surface area contributed by atoms with Crippen LogP contribution in [0.15, 0.2) is 0 Å². The van der Waals surface area contributed by atoms with E-state index in [0.29, 0.717) is 0 Å². The van der Waals surface area contributed by atoms with Crippen LogP contribution < -0.4 is 11.1 Å². The van der Waals surface area contributed by atoms with Crippen molar-refractivity contribution in [2.45, 2.75) is 44.7 Å². The lowest BCUT2D eigenvalue weighted by molar-refractivity contribution is -0.120. The average molecular weight is 156 g/mol. The molecule has 0 saturated heterocycles. The largest absolute Gasteiger partial charge is 0.368 e. The van der Waals surface area contributed by atoms with Crippen LogP contribution in [0.3, 0.4) is 0 Å². The summed E-state index contributed by atoms with van der Waals surface area (Å²) in [5.74, 6) is -0.236. The normalized spacial score (nSPS) is 22.7. The fraction of sp³-hybridized carbons (Fsp3) is 0.875. The second kappa shape index (κ2) is 2.81. The first-order valence-electron chi connectivity index (χ1n) is 4.14. The molecule has 1 unspecified atom stereocenters. The topological polar surface area (TPSA) is 55.1 Å². The number of hydrogen-bond acceptors (Lipinski definition) is 2. The van der Waals surface area contributed by atoms with Crippen molar-refractivity contribution in [2.24, 2.45) is 5.73 Å². The van der Waals surface area contributed by atoms with Crippen molar-refractivity contribution in [3.63, 3.8) is 0 Å². The van der Waals surface area contributed by atoms with Crippen molar-refractivity contribution in [3.05, 3.63) is 0 Å². The monoisotopic (exact) mass is 156 g/mol. The van der Waals surface area contributed by atoms with Gasteiger partial charge in [-0.1, -0.05) is 6.92 Å². The minimum absolute atomic E-state index is 0.137. The molecule has 1 rings (SSSR count). The summed E-state index contributed by atoms with van der Waals surface area (Å²) >= 11 is 0. The molecule has 0 aromatic rings. The van der Waals surface area contributed by atoms with E-state index < -0.39 is 0 Å². The van der Waals surface area contributed by atoms with E-state index in [1.165, 1.54) is 0 Å². The van der Waals surface area contributed by atoms with Gasteiger partial charge in [-0.05, 0) is 26.2 Å². The SMILES string of the molecule is CCC(NC1(C)CC1)C(N)=O. The van der Waals surface area contributed by atoms with E-state index in [-0.39, 0.29) is 17.5 Å². The van der Waals surface area contributed by atoms with E-state index in [0.717, 1.165) is 19.3 Å². The van der Waals surface area contributed by atoms with Crippen molar-refractivity contribution < 1.29 is 4.79 Å². The Bertz CT molecular complexity index is 163. The highest BCUT2D eigenvalue weighted by Crippen LogP contribution is 2.34. The van der Waals surface area contributed by atoms with Crippen molar-refractivity contribution in [3.8, 4) is 0 Å². The molecule has 0 aromatic heterocycles. The van der Waals surface area contributed by atoms with Gasteiger partial charge in [0.1, 0.15) is 0 Å². The molecule has 3 N–H and O–H groups in total. The fourth-order valence-corrected chi connectivity index (χ4v) is 1.13.